The Kier molecular flexibility index (Phi) is 5.12. The quantitative estimate of drug-likeness (QED) is 0.205. The van der Waals surface area contributed by atoms with Crippen LogP contribution in [-0.2, 0) is 0 Å². The zero-order chi connectivity index (χ0) is 29.5. The summed E-state index contributed by atoms with van der Waals surface area (Å²) < 4.78 is 7.04. The third kappa shape index (κ3) is 3.53. The molecule has 4 nitrogen and oxygen atoms in total. The molecule has 0 saturated carbocycles. The molecule has 0 spiro atoms. The van der Waals surface area contributed by atoms with Crippen LogP contribution in [0, 0.1) is 0 Å². The molecule has 0 N–H and O–H groups in total. The number of aromatic nitrogens is 4. The summed E-state index contributed by atoms with van der Waals surface area (Å²) in [5, 5.41) is 6.06. The van der Waals surface area contributed by atoms with E-state index in [0.717, 1.165) is 49.5 Å². The van der Waals surface area contributed by atoms with Crippen LogP contribution in [0.1, 0.15) is 0 Å². The van der Waals surface area contributed by atoms with E-state index in [9.17, 15) is 0 Å². The maximum Gasteiger partial charge on any atom is 0.162 e. The first-order valence-electron chi connectivity index (χ1n) is 15.1. The number of para-hydroxylation sites is 3. The second-order valence-electron chi connectivity index (χ2n) is 11.4. The van der Waals surface area contributed by atoms with Crippen LogP contribution in [-0.4, -0.2) is 19.1 Å². The predicted octanol–water partition coefficient (Wildman–Crippen LogP) is 10.7. The maximum atomic E-state index is 5.37. The van der Waals surface area contributed by atoms with Crippen LogP contribution in [0.2, 0.25) is 0 Å². The Hall–Kier alpha value is -5.78. The van der Waals surface area contributed by atoms with Crippen molar-refractivity contribution >= 4 is 75.3 Å². The lowest BCUT2D eigenvalue weighted by Gasteiger charge is -2.11. The molecule has 5 heteroatoms. The Balaban J connectivity index is 1.40. The molecule has 10 rings (SSSR count). The normalized spacial score (nSPS) is 12.0. The zero-order valence-electron chi connectivity index (χ0n) is 24.1. The number of hydrogen-bond acceptors (Lipinski definition) is 3. The molecule has 0 aliphatic heterocycles. The van der Waals surface area contributed by atoms with Crippen molar-refractivity contribution < 1.29 is 0 Å². The van der Waals surface area contributed by atoms with Gasteiger partial charge in [0.25, 0.3) is 0 Å². The first kappa shape index (κ1) is 24.6. The molecular formula is C40H24N4S. The summed E-state index contributed by atoms with van der Waals surface area (Å²) in [7, 11) is 0. The molecule has 0 bridgehead atoms. The van der Waals surface area contributed by atoms with Crippen molar-refractivity contribution in [2.45, 2.75) is 0 Å². The third-order valence-electron chi connectivity index (χ3n) is 8.93. The summed E-state index contributed by atoms with van der Waals surface area (Å²) in [6.45, 7) is 0. The van der Waals surface area contributed by atoms with Crippen molar-refractivity contribution in [3.05, 3.63) is 146 Å². The minimum Gasteiger partial charge on any atom is -0.309 e. The molecule has 6 aromatic carbocycles. The van der Waals surface area contributed by atoms with Gasteiger partial charge in [0.2, 0.25) is 0 Å². The molecule has 45 heavy (non-hydrogen) atoms. The molecular weight excluding hydrogens is 569 g/mol. The standard InChI is InChI=1S/C40H24N4S/c1-3-13-25(14-4-1)39-41-37-29-19-9-12-22-36(29)45-38(37)40(42-39)44-33-21-11-8-18-28(33)31-23-30-27-17-7-10-20-32(27)43(34(30)24-35(31)44)26-15-5-2-6-16-26/h1-24H. The van der Waals surface area contributed by atoms with Gasteiger partial charge in [0.1, 0.15) is 0 Å². The number of hydrogen-bond donors (Lipinski definition) is 0. The van der Waals surface area contributed by atoms with Crippen LogP contribution in [0.5, 0.6) is 0 Å². The van der Waals surface area contributed by atoms with E-state index in [0.29, 0.717) is 0 Å². The average Bonchev–Trinajstić information content (AvgIpc) is 3.75. The van der Waals surface area contributed by atoms with Crippen molar-refractivity contribution in [3.8, 4) is 22.9 Å². The molecule has 0 fully saturated rings. The lowest BCUT2D eigenvalue weighted by Crippen LogP contribution is -2.01. The van der Waals surface area contributed by atoms with Gasteiger partial charge in [0, 0.05) is 42.9 Å². The number of thiophene rings is 1. The first-order chi connectivity index (χ1) is 22.3. The van der Waals surface area contributed by atoms with Gasteiger partial charge in [-0.1, -0.05) is 103 Å². The fourth-order valence-corrected chi connectivity index (χ4v) is 8.08. The van der Waals surface area contributed by atoms with Crippen molar-refractivity contribution in [2.75, 3.05) is 0 Å². The largest absolute Gasteiger partial charge is 0.309 e. The number of fused-ring (bicyclic) bond motifs is 9. The van der Waals surface area contributed by atoms with E-state index in [2.05, 4.69) is 137 Å². The van der Waals surface area contributed by atoms with Crippen LogP contribution in [0.4, 0.5) is 0 Å². The van der Waals surface area contributed by atoms with E-state index in [4.69, 9.17) is 9.97 Å². The topological polar surface area (TPSA) is 35.6 Å². The van der Waals surface area contributed by atoms with E-state index in [1.807, 2.05) is 18.2 Å². The summed E-state index contributed by atoms with van der Waals surface area (Å²) in [6, 6.07) is 51.7. The SMILES string of the molecule is c1ccc(-c2nc(-n3c4ccccc4c4cc5c6ccccc6n(-c6ccccc6)c5cc43)c3sc4ccccc4c3n2)cc1. The number of rotatable bonds is 3. The van der Waals surface area contributed by atoms with Crippen LogP contribution in [0.25, 0.3) is 86.8 Å². The molecule has 0 saturated heterocycles. The van der Waals surface area contributed by atoms with Crippen LogP contribution in [0.3, 0.4) is 0 Å². The highest BCUT2D eigenvalue weighted by Crippen LogP contribution is 2.42. The van der Waals surface area contributed by atoms with Crippen molar-refractivity contribution in [2.24, 2.45) is 0 Å². The van der Waals surface area contributed by atoms with Gasteiger partial charge in [-0.05, 0) is 42.5 Å². The van der Waals surface area contributed by atoms with Crippen molar-refractivity contribution in [3.63, 3.8) is 0 Å². The van der Waals surface area contributed by atoms with Crippen LogP contribution >= 0.6 is 11.3 Å². The van der Waals surface area contributed by atoms with E-state index >= 15 is 0 Å². The Bertz CT molecular complexity index is 2750. The summed E-state index contributed by atoms with van der Waals surface area (Å²) in [5.74, 6) is 1.64. The fourth-order valence-electron chi connectivity index (χ4n) is 6.96. The van der Waals surface area contributed by atoms with Gasteiger partial charge >= 0.3 is 0 Å². The minimum atomic E-state index is 0.729. The Morgan fingerprint density at radius 2 is 1.02 bits per heavy atom. The highest BCUT2D eigenvalue weighted by Gasteiger charge is 2.22. The van der Waals surface area contributed by atoms with Crippen molar-refractivity contribution in [1.29, 1.82) is 0 Å². The van der Waals surface area contributed by atoms with E-state index in [-0.39, 0.29) is 0 Å². The molecule has 0 radical (unpaired) electrons. The lowest BCUT2D eigenvalue weighted by molar-refractivity contribution is 1.08. The summed E-state index contributed by atoms with van der Waals surface area (Å²) in [5.41, 5.74) is 7.76. The molecule has 4 aromatic heterocycles. The molecule has 0 atom stereocenters. The first-order valence-corrected chi connectivity index (χ1v) is 15.9. The number of nitrogens with zero attached hydrogens (tertiary/aromatic N) is 4. The molecule has 210 valence electrons. The van der Waals surface area contributed by atoms with Gasteiger partial charge in [-0.3, -0.25) is 4.57 Å². The molecule has 0 aliphatic rings. The lowest BCUT2D eigenvalue weighted by atomic mass is 10.1. The van der Waals surface area contributed by atoms with E-state index < -0.39 is 0 Å². The minimum absolute atomic E-state index is 0.729. The molecule has 10 aromatic rings. The van der Waals surface area contributed by atoms with Gasteiger partial charge < -0.3 is 4.57 Å². The van der Waals surface area contributed by atoms with Gasteiger partial charge in [-0.15, -0.1) is 11.3 Å². The summed E-state index contributed by atoms with van der Waals surface area (Å²) in [4.78, 5) is 10.5. The van der Waals surface area contributed by atoms with Gasteiger partial charge in [0.15, 0.2) is 11.6 Å². The van der Waals surface area contributed by atoms with Gasteiger partial charge in [0.05, 0.1) is 32.3 Å². The van der Waals surface area contributed by atoms with Gasteiger partial charge in [-0.25, -0.2) is 9.97 Å². The van der Waals surface area contributed by atoms with E-state index in [1.54, 1.807) is 11.3 Å². The van der Waals surface area contributed by atoms with Gasteiger partial charge in [-0.2, -0.15) is 0 Å². The molecule has 0 aliphatic carbocycles. The zero-order valence-corrected chi connectivity index (χ0v) is 24.9. The Labute approximate surface area is 262 Å². The molecule has 4 heterocycles. The Morgan fingerprint density at radius 3 is 1.76 bits per heavy atom. The monoisotopic (exact) mass is 592 g/mol. The molecule has 0 unspecified atom stereocenters. The maximum absolute atomic E-state index is 5.37. The summed E-state index contributed by atoms with van der Waals surface area (Å²) >= 11 is 1.76. The fraction of sp³-hybridized carbons (Fsp3) is 0. The second kappa shape index (κ2) is 9.36. The Morgan fingerprint density at radius 1 is 0.444 bits per heavy atom. The third-order valence-corrected chi connectivity index (χ3v) is 10.1. The van der Waals surface area contributed by atoms with Crippen LogP contribution < -0.4 is 0 Å². The highest BCUT2D eigenvalue weighted by molar-refractivity contribution is 7.26. The molecule has 0 amide bonds. The highest BCUT2D eigenvalue weighted by atomic mass is 32.1. The average molecular weight is 593 g/mol. The van der Waals surface area contributed by atoms with Crippen molar-refractivity contribution in [1.82, 2.24) is 19.1 Å². The second-order valence-corrected chi connectivity index (χ2v) is 12.5. The van der Waals surface area contributed by atoms with E-state index in [1.165, 1.54) is 37.3 Å². The predicted molar refractivity (Wildman–Crippen MR) is 189 cm³/mol. The smallest absolute Gasteiger partial charge is 0.162 e. The summed E-state index contributed by atoms with van der Waals surface area (Å²) in [6.07, 6.45) is 0. The van der Waals surface area contributed by atoms with Crippen LogP contribution in [0.15, 0.2) is 146 Å². The number of benzene rings is 6.